The zero-order valence-corrected chi connectivity index (χ0v) is 12.5. The Balaban J connectivity index is 1.64. The van der Waals surface area contributed by atoms with E-state index in [1.165, 1.54) is 4.88 Å². The number of nitrogens with zero attached hydrogens (tertiary/aromatic N) is 3. The molecule has 1 aliphatic rings. The van der Waals surface area contributed by atoms with Crippen molar-refractivity contribution in [2.45, 2.75) is 38.8 Å². The van der Waals surface area contributed by atoms with Crippen molar-refractivity contribution in [3.63, 3.8) is 0 Å². The second kappa shape index (κ2) is 5.79. The highest BCUT2D eigenvalue weighted by atomic mass is 32.1. The van der Waals surface area contributed by atoms with E-state index in [-0.39, 0.29) is 5.91 Å². The third-order valence-corrected chi connectivity index (χ3v) is 4.78. The quantitative estimate of drug-likeness (QED) is 0.867. The fourth-order valence-electron chi connectivity index (χ4n) is 2.81. The molecule has 0 aliphatic carbocycles. The van der Waals surface area contributed by atoms with Gasteiger partial charge in [0.15, 0.2) is 0 Å². The maximum Gasteiger partial charge on any atom is 0.228 e. The number of likely N-dealkylation sites (tertiary alicyclic amines) is 1. The van der Waals surface area contributed by atoms with Gasteiger partial charge in [0.2, 0.25) is 5.91 Å². The first-order valence-corrected chi connectivity index (χ1v) is 7.86. The molecule has 2 aromatic rings. The van der Waals surface area contributed by atoms with Gasteiger partial charge in [0.05, 0.1) is 19.0 Å². The molecule has 0 radical (unpaired) electrons. The molecule has 4 nitrogen and oxygen atoms in total. The Hall–Kier alpha value is -1.62. The predicted octanol–water partition coefficient (Wildman–Crippen LogP) is 2.49. The molecule has 0 unspecified atom stereocenters. The lowest BCUT2D eigenvalue weighted by molar-refractivity contribution is -0.131. The molecule has 1 aliphatic heterocycles. The van der Waals surface area contributed by atoms with Crippen LogP contribution in [0.1, 0.15) is 22.6 Å². The lowest BCUT2D eigenvalue weighted by Crippen LogP contribution is -2.38. The number of rotatable bonds is 4. The van der Waals surface area contributed by atoms with Crippen molar-refractivity contribution >= 4 is 17.2 Å². The lowest BCUT2D eigenvalue weighted by atomic mass is 10.2. The predicted molar refractivity (Wildman–Crippen MR) is 79.7 cm³/mol. The normalized spacial score (nSPS) is 18.6. The van der Waals surface area contributed by atoms with Crippen molar-refractivity contribution in [3.8, 4) is 0 Å². The molecular weight excluding hydrogens is 270 g/mol. The lowest BCUT2D eigenvalue weighted by Gasteiger charge is -2.24. The van der Waals surface area contributed by atoms with Crippen molar-refractivity contribution < 1.29 is 4.79 Å². The minimum Gasteiger partial charge on any atom is -0.338 e. The van der Waals surface area contributed by atoms with Crippen LogP contribution in [0.15, 0.2) is 30.6 Å². The minimum atomic E-state index is 0.251. The van der Waals surface area contributed by atoms with Crippen molar-refractivity contribution in [2.75, 3.05) is 6.54 Å². The summed E-state index contributed by atoms with van der Waals surface area (Å²) < 4.78 is 1.92. The van der Waals surface area contributed by atoms with Gasteiger partial charge < -0.3 is 4.90 Å². The summed E-state index contributed by atoms with van der Waals surface area (Å²) in [5.41, 5.74) is 0. The van der Waals surface area contributed by atoms with E-state index in [9.17, 15) is 4.79 Å². The summed E-state index contributed by atoms with van der Waals surface area (Å²) in [6.45, 7) is 3.77. The number of hydrogen-bond donors (Lipinski definition) is 0. The van der Waals surface area contributed by atoms with E-state index in [1.54, 1.807) is 17.5 Å². The number of amides is 1. The van der Waals surface area contributed by atoms with Gasteiger partial charge in [-0.25, -0.2) is 0 Å². The summed E-state index contributed by atoms with van der Waals surface area (Å²) >= 11 is 1.72. The summed E-state index contributed by atoms with van der Waals surface area (Å²) in [5, 5.41) is 4.24. The number of carbonyl (C=O) groups excluding carboxylic acids is 1. The number of carbonyl (C=O) groups is 1. The van der Waals surface area contributed by atoms with Crippen LogP contribution in [0.4, 0.5) is 0 Å². The molecule has 0 saturated carbocycles. The molecule has 0 N–H and O–H groups in total. The minimum absolute atomic E-state index is 0.251. The van der Waals surface area contributed by atoms with Crippen LogP contribution in [0, 0.1) is 6.92 Å². The number of hydrogen-bond acceptors (Lipinski definition) is 3. The molecule has 20 heavy (non-hydrogen) atoms. The Bertz CT molecular complexity index is 576. The van der Waals surface area contributed by atoms with Gasteiger partial charge in [0.25, 0.3) is 0 Å². The molecular formula is C15H19N3OS. The fraction of sp³-hybridized carbons (Fsp3) is 0.467. The molecule has 0 spiro atoms. The fourth-order valence-corrected chi connectivity index (χ4v) is 3.69. The summed E-state index contributed by atoms with van der Waals surface area (Å²) in [6, 6.07) is 6.37. The molecule has 0 aromatic carbocycles. The molecule has 1 saturated heterocycles. The standard InChI is InChI=1S/C15H19N3OS/c1-12-5-6-14(20-12)10-15(19)18-9-2-4-13(18)11-17-8-3-7-16-17/h3,5-8,13H,2,4,9-11H2,1H3/t13-/m0/s1. The molecule has 3 heterocycles. The van der Waals surface area contributed by atoms with Gasteiger partial charge in [-0.1, -0.05) is 0 Å². The molecule has 3 rings (SSSR count). The highest BCUT2D eigenvalue weighted by Crippen LogP contribution is 2.22. The van der Waals surface area contributed by atoms with E-state index in [4.69, 9.17) is 0 Å². The summed E-state index contributed by atoms with van der Waals surface area (Å²) in [6.07, 6.45) is 6.46. The largest absolute Gasteiger partial charge is 0.338 e. The third-order valence-electron chi connectivity index (χ3n) is 3.78. The number of aromatic nitrogens is 2. The van der Waals surface area contributed by atoms with Crippen LogP contribution in [0.25, 0.3) is 0 Å². The first-order valence-electron chi connectivity index (χ1n) is 7.04. The molecule has 1 fully saturated rings. The Morgan fingerprint density at radius 1 is 1.50 bits per heavy atom. The topological polar surface area (TPSA) is 38.1 Å². The van der Waals surface area contributed by atoms with Crippen molar-refractivity contribution in [2.24, 2.45) is 0 Å². The van der Waals surface area contributed by atoms with Crippen LogP contribution in [-0.2, 0) is 17.8 Å². The van der Waals surface area contributed by atoms with Crippen LogP contribution in [0.3, 0.4) is 0 Å². The Labute approximate surface area is 123 Å². The van der Waals surface area contributed by atoms with E-state index in [0.29, 0.717) is 12.5 Å². The summed E-state index contributed by atoms with van der Waals surface area (Å²) in [7, 11) is 0. The smallest absolute Gasteiger partial charge is 0.228 e. The second-order valence-corrected chi connectivity index (χ2v) is 6.67. The van der Waals surface area contributed by atoms with Gasteiger partial charge in [-0.05, 0) is 38.0 Å². The zero-order chi connectivity index (χ0) is 13.9. The van der Waals surface area contributed by atoms with Gasteiger partial charge in [0.1, 0.15) is 0 Å². The molecule has 1 atom stereocenters. The maximum absolute atomic E-state index is 12.5. The maximum atomic E-state index is 12.5. The SMILES string of the molecule is Cc1ccc(CC(=O)N2CCC[C@H]2Cn2cccn2)s1. The molecule has 0 bridgehead atoms. The first-order chi connectivity index (χ1) is 9.72. The molecule has 1 amide bonds. The highest BCUT2D eigenvalue weighted by Gasteiger charge is 2.29. The Kier molecular flexibility index (Phi) is 3.87. The Morgan fingerprint density at radius 3 is 3.10 bits per heavy atom. The Morgan fingerprint density at radius 2 is 2.40 bits per heavy atom. The molecule has 2 aromatic heterocycles. The molecule has 106 valence electrons. The van der Waals surface area contributed by atoms with Gasteiger partial charge >= 0.3 is 0 Å². The van der Waals surface area contributed by atoms with Crippen LogP contribution in [0.2, 0.25) is 0 Å². The van der Waals surface area contributed by atoms with E-state index in [0.717, 1.165) is 30.8 Å². The van der Waals surface area contributed by atoms with E-state index in [1.807, 2.05) is 21.8 Å². The number of thiophene rings is 1. The van der Waals surface area contributed by atoms with Gasteiger partial charge in [0, 0.05) is 28.7 Å². The van der Waals surface area contributed by atoms with Gasteiger partial charge in [-0.2, -0.15) is 5.10 Å². The zero-order valence-electron chi connectivity index (χ0n) is 11.7. The average molecular weight is 289 g/mol. The first kappa shape index (κ1) is 13.4. The number of aryl methyl sites for hydroxylation is 1. The van der Waals surface area contributed by atoms with E-state index < -0.39 is 0 Å². The van der Waals surface area contributed by atoms with E-state index in [2.05, 4.69) is 24.2 Å². The van der Waals surface area contributed by atoms with Crippen LogP contribution in [-0.4, -0.2) is 33.2 Å². The van der Waals surface area contributed by atoms with Crippen molar-refractivity contribution in [1.29, 1.82) is 0 Å². The van der Waals surface area contributed by atoms with Gasteiger partial charge in [-0.15, -0.1) is 11.3 Å². The molecule has 5 heteroatoms. The summed E-state index contributed by atoms with van der Waals surface area (Å²) in [4.78, 5) is 16.9. The third kappa shape index (κ3) is 2.93. The van der Waals surface area contributed by atoms with Gasteiger partial charge in [-0.3, -0.25) is 9.48 Å². The van der Waals surface area contributed by atoms with Crippen molar-refractivity contribution in [3.05, 3.63) is 40.3 Å². The van der Waals surface area contributed by atoms with E-state index >= 15 is 0 Å². The monoisotopic (exact) mass is 289 g/mol. The second-order valence-electron chi connectivity index (χ2n) is 5.30. The summed E-state index contributed by atoms with van der Waals surface area (Å²) in [5.74, 6) is 0.251. The van der Waals surface area contributed by atoms with Crippen LogP contribution >= 0.6 is 11.3 Å². The van der Waals surface area contributed by atoms with Crippen LogP contribution in [0.5, 0.6) is 0 Å². The highest BCUT2D eigenvalue weighted by molar-refractivity contribution is 7.12. The van der Waals surface area contributed by atoms with Crippen LogP contribution < -0.4 is 0 Å². The van der Waals surface area contributed by atoms with Crippen molar-refractivity contribution in [1.82, 2.24) is 14.7 Å². The average Bonchev–Trinajstić information content (AvgIpc) is 3.12.